The van der Waals surface area contributed by atoms with Crippen LogP contribution in [0, 0.1) is 0 Å². The van der Waals surface area contributed by atoms with E-state index in [9.17, 15) is 14.4 Å². The van der Waals surface area contributed by atoms with Crippen LogP contribution < -0.4 is 21.9 Å². The first-order valence-electron chi connectivity index (χ1n) is 10.3. The van der Waals surface area contributed by atoms with Crippen molar-refractivity contribution in [3.8, 4) is 0 Å². The van der Waals surface area contributed by atoms with Crippen molar-refractivity contribution in [1.82, 2.24) is 18.7 Å². The molecule has 1 unspecified atom stereocenters. The number of carbonyl (C=O) groups excluding carboxylic acids is 1. The van der Waals surface area contributed by atoms with Crippen LogP contribution in [0.2, 0.25) is 0 Å². The normalized spacial score (nSPS) is 17.2. The SMILES string of the molecule is COC(=O)C(C)=Cn1c(=O)c2c(nc(N3CCCC(N)C3)n2CC=C(C)C)n(C)c1=O. The molecule has 0 saturated carbocycles. The van der Waals surface area contributed by atoms with E-state index < -0.39 is 17.2 Å². The number of carbonyl (C=O) groups is 1. The Morgan fingerprint density at radius 3 is 2.61 bits per heavy atom. The second-order valence-electron chi connectivity index (χ2n) is 8.14. The summed E-state index contributed by atoms with van der Waals surface area (Å²) in [5, 5.41) is 0. The molecule has 1 atom stereocenters. The molecule has 1 aliphatic rings. The Kier molecular flexibility index (Phi) is 6.49. The van der Waals surface area contributed by atoms with Crippen LogP contribution in [-0.4, -0.2) is 50.9 Å². The summed E-state index contributed by atoms with van der Waals surface area (Å²) in [6.45, 7) is 7.27. The molecule has 1 fully saturated rings. The average molecular weight is 431 g/mol. The number of nitrogens with two attached hydrogens (primary N) is 1. The number of ether oxygens (including phenoxy) is 1. The molecule has 1 saturated heterocycles. The van der Waals surface area contributed by atoms with Crippen molar-refractivity contribution in [2.24, 2.45) is 12.8 Å². The maximum Gasteiger partial charge on any atom is 0.336 e. The molecule has 1 aliphatic heterocycles. The van der Waals surface area contributed by atoms with Gasteiger partial charge >= 0.3 is 11.7 Å². The Balaban J connectivity index is 2.31. The Hall–Kier alpha value is -3.14. The summed E-state index contributed by atoms with van der Waals surface area (Å²) in [5.74, 6) is -0.00346. The van der Waals surface area contributed by atoms with Crippen LogP contribution in [0.4, 0.5) is 5.95 Å². The van der Waals surface area contributed by atoms with Crippen LogP contribution in [0.15, 0.2) is 26.8 Å². The van der Waals surface area contributed by atoms with Gasteiger partial charge in [-0.1, -0.05) is 11.6 Å². The highest BCUT2D eigenvalue weighted by atomic mass is 16.5. The minimum Gasteiger partial charge on any atom is -0.466 e. The second-order valence-corrected chi connectivity index (χ2v) is 8.14. The quantitative estimate of drug-likeness (QED) is 0.424. The number of piperidine rings is 1. The monoisotopic (exact) mass is 430 g/mol. The van der Waals surface area contributed by atoms with Crippen molar-refractivity contribution in [3.63, 3.8) is 0 Å². The van der Waals surface area contributed by atoms with E-state index in [1.165, 1.54) is 24.8 Å². The molecule has 0 aromatic carbocycles. The minimum absolute atomic E-state index is 0.0246. The van der Waals surface area contributed by atoms with Gasteiger partial charge in [0.2, 0.25) is 5.95 Å². The highest BCUT2D eigenvalue weighted by molar-refractivity contribution is 5.91. The number of anilines is 1. The Morgan fingerprint density at radius 1 is 1.29 bits per heavy atom. The van der Waals surface area contributed by atoms with Gasteiger partial charge in [0.25, 0.3) is 5.56 Å². The molecule has 2 N–H and O–H groups in total. The van der Waals surface area contributed by atoms with Crippen LogP contribution in [0.3, 0.4) is 0 Å². The fraction of sp³-hybridized carbons (Fsp3) is 0.524. The van der Waals surface area contributed by atoms with Crippen LogP contribution in [0.5, 0.6) is 0 Å². The van der Waals surface area contributed by atoms with Crippen LogP contribution in [0.25, 0.3) is 17.4 Å². The zero-order valence-corrected chi connectivity index (χ0v) is 18.7. The van der Waals surface area contributed by atoms with Crippen molar-refractivity contribution in [2.75, 3.05) is 25.1 Å². The average Bonchev–Trinajstić information content (AvgIpc) is 3.12. The molecule has 0 spiro atoms. The zero-order valence-electron chi connectivity index (χ0n) is 18.7. The fourth-order valence-corrected chi connectivity index (χ4v) is 3.73. The second kappa shape index (κ2) is 8.93. The third kappa shape index (κ3) is 4.34. The summed E-state index contributed by atoms with van der Waals surface area (Å²) in [6.07, 6.45) is 5.08. The molecule has 2 aromatic heterocycles. The van der Waals surface area contributed by atoms with E-state index in [4.69, 9.17) is 5.73 Å². The number of fused-ring (bicyclic) bond motifs is 1. The van der Waals surface area contributed by atoms with Crippen LogP contribution >= 0.6 is 0 Å². The summed E-state index contributed by atoms with van der Waals surface area (Å²) in [4.78, 5) is 44.9. The van der Waals surface area contributed by atoms with Crippen molar-refractivity contribution >= 4 is 29.3 Å². The number of imidazole rings is 1. The number of methoxy groups -OCH3 is 1. The maximum atomic E-state index is 13.4. The van der Waals surface area contributed by atoms with Crippen LogP contribution in [0.1, 0.15) is 33.6 Å². The van der Waals surface area contributed by atoms with Gasteiger partial charge in [-0.05, 0) is 33.6 Å². The lowest BCUT2D eigenvalue weighted by Gasteiger charge is -2.31. The molecular weight excluding hydrogens is 400 g/mol. The Bertz CT molecular complexity index is 1180. The molecule has 168 valence electrons. The molecule has 0 aliphatic carbocycles. The molecule has 3 rings (SSSR count). The fourth-order valence-electron chi connectivity index (χ4n) is 3.73. The lowest BCUT2D eigenvalue weighted by atomic mass is 10.1. The first-order chi connectivity index (χ1) is 14.6. The number of esters is 1. The van der Waals surface area contributed by atoms with Crippen molar-refractivity contribution in [2.45, 2.75) is 46.2 Å². The van der Waals surface area contributed by atoms with Gasteiger partial charge in [-0.3, -0.25) is 9.36 Å². The standard InChI is InChI=1S/C21H30N6O4/c1-13(2)8-10-26-16-17(23-20(26)25-9-6-7-15(22)12-25)24(4)21(30)27(18(16)28)11-14(3)19(29)31-5/h8,11,15H,6-7,9-10,12,22H2,1-5H3. The highest BCUT2D eigenvalue weighted by Gasteiger charge is 2.26. The Labute approximate surface area is 180 Å². The molecular formula is C21H30N6O4. The molecule has 0 amide bonds. The molecule has 31 heavy (non-hydrogen) atoms. The summed E-state index contributed by atoms with van der Waals surface area (Å²) < 4.78 is 8.76. The lowest BCUT2D eigenvalue weighted by molar-refractivity contribution is -0.135. The lowest BCUT2D eigenvalue weighted by Crippen LogP contribution is -2.44. The molecule has 2 aromatic rings. The van der Waals surface area contributed by atoms with E-state index in [2.05, 4.69) is 14.6 Å². The van der Waals surface area contributed by atoms with Gasteiger partial charge in [0, 0.05) is 38.9 Å². The topological polar surface area (TPSA) is 117 Å². The summed E-state index contributed by atoms with van der Waals surface area (Å²) in [6, 6.07) is 0.0246. The van der Waals surface area contributed by atoms with Crippen LogP contribution in [-0.2, 0) is 23.1 Å². The summed E-state index contributed by atoms with van der Waals surface area (Å²) in [7, 11) is 2.81. The number of rotatable bonds is 5. The predicted octanol–water partition coefficient (Wildman–Crippen LogP) is 0.824. The van der Waals surface area contributed by atoms with Gasteiger partial charge < -0.3 is 19.9 Å². The smallest absolute Gasteiger partial charge is 0.336 e. The van der Waals surface area contributed by atoms with Gasteiger partial charge in [-0.15, -0.1) is 0 Å². The number of allylic oxidation sites excluding steroid dienone is 2. The maximum absolute atomic E-state index is 13.4. The number of hydrogen-bond donors (Lipinski definition) is 1. The first kappa shape index (κ1) is 22.5. The third-order valence-corrected chi connectivity index (χ3v) is 5.41. The zero-order chi connectivity index (χ0) is 22.9. The molecule has 0 bridgehead atoms. The first-order valence-corrected chi connectivity index (χ1v) is 10.3. The summed E-state index contributed by atoms with van der Waals surface area (Å²) in [5.41, 5.74) is 6.87. The number of aryl methyl sites for hydroxylation is 1. The molecule has 10 heteroatoms. The van der Waals surface area contributed by atoms with Gasteiger partial charge in [0.15, 0.2) is 11.2 Å². The van der Waals surface area contributed by atoms with Gasteiger partial charge in [-0.25, -0.2) is 14.2 Å². The van der Waals surface area contributed by atoms with E-state index in [1.807, 2.05) is 24.5 Å². The van der Waals surface area contributed by atoms with E-state index in [-0.39, 0.29) is 11.6 Å². The predicted molar refractivity (Wildman–Crippen MR) is 120 cm³/mol. The molecule has 3 heterocycles. The van der Waals surface area contributed by atoms with E-state index in [1.54, 1.807) is 7.05 Å². The van der Waals surface area contributed by atoms with Gasteiger partial charge in [0.1, 0.15) is 0 Å². The van der Waals surface area contributed by atoms with E-state index in [0.717, 1.165) is 29.5 Å². The van der Waals surface area contributed by atoms with Gasteiger partial charge in [0.05, 0.1) is 12.7 Å². The van der Waals surface area contributed by atoms with Crippen molar-refractivity contribution < 1.29 is 9.53 Å². The largest absolute Gasteiger partial charge is 0.466 e. The van der Waals surface area contributed by atoms with E-state index in [0.29, 0.717) is 30.2 Å². The van der Waals surface area contributed by atoms with E-state index >= 15 is 0 Å². The van der Waals surface area contributed by atoms with Crippen molar-refractivity contribution in [3.05, 3.63) is 38.1 Å². The van der Waals surface area contributed by atoms with Crippen molar-refractivity contribution in [1.29, 1.82) is 0 Å². The third-order valence-electron chi connectivity index (χ3n) is 5.41. The number of aromatic nitrogens is 4. The molecule has 0 radical (unpaired) electrons. The number of nitrogens with zero attached hydrogens (tertiary/aromatic N) is 5. The highest BCUT2D eigenvalue weighted by Crippen LogP contribution is 2.23. The molecule has 10 nitrogen and oxygen atoms in total. The number of hydrogen-bond acceptors (Lipinski definition) is 7. The summed E-state index contributed by atoms with van der Waals surface area (Å²) >= 11 is 0. The van der Waals surface area contributed by atoms with Gasteiger partial charge in [-0.2, -0.15) is 4.98 Å². The minimum atomic E-state index is -0.616. The Morgan fingerprint density at radius 2 is 2.00 bits per heavy atom.